The van der Waals surface area contributed by atoms with Crippen molar-refractivity contribution in [1.82, 2.24) is 0 Å². The molecule has 21 heavy (non-hydrogen) atoms. The number of hydrogen-bond donors (Lipinski definition) is 1. The molecule has 0 aromatic heterocycles. The maximum Gasteiger partial charge on any atom is 0.163 e. The third kappa shape index (κ3) is 5.25. The number of rotatable bonds is 7. The molecule has 0 radical (unpaired) electrons. The molecule has 0 saturated carbocycles. The summed E-state index contributed by atoms with van der Waals surface area (Å²) >= 11 is 0. The van der Waals surface area contributed by atoms with E-state index in [-0.39, 0.29) is 18.8 Å². The summed E-state index contributed by atoms with van der Waals surface area (Å²) in [5.74, 6) is -0.556. The number of benzene rings is 1. The van der Waals surface area contributed by atoms with Crippen LogP contribution in [0.1, 0.15) is 25.8 Å². The van der Waals surface area contributed by atoms with E-state index in [1.807, 2.05) is 50.3 Å². The Morgan fingerprint density at radius 3 is 2.71 bits per heavy atom. The zero-order valence-corrected chi connectivity index (χ0v) is 12.7. The van der Waals surface area contributed by atoms with Crippen LogP contribution in [0, 0.1) is 0 Å². The van der Waals surface area contributed by atoms with Gasteiger partial charge in [0.25, 0.3) is 0 Å². The van der Waals surface area contributed by atoms with Crippen molar-refractivity contribution in [1.29, 1.82) is 0 Å². The molecule has 4 nitrogen and oxygen atoms in total. The molecule has 1 N–H and O–H groups in total. The van der Waals surface area contributed by atoms with E-state index in [2.05, 4.69) is 0 Å². The quantitative estimate of drug-likeness (QED) is 0.785. The van der Waals surface area contributed by atoms with Gasteiger partial charge in [-0.2, -0.15) is 0 Å². The van der Waals surface area contributed by atoms with Crippen molar-refractivity contribution in [3.63, 3.8) is 0 Å². The van der Waals surface area contributed by atoms with Crippen molar-refractivity contribution < 1.29 is 19.3 Å². The maximum atomic E-state index is 8.85. The van der Waals surface area contributed by atoms with Crippen molar-refractivity contribution in [2.45, 2.75) is 44.9 Å². The van der Waals surface area contributed by atoms with Gasteiger partial charge in [-0.3, -0.25) is 0 Å². The Hall–Kier alpha value is -1.20. The predicted molar refractivity (Wildman–Crippen MR) is 80.8 cm³/mol. The monoisotopic (exact) mass is 292 g/mol. The molecule has 1 aliphatic heterocycles. The van der Waals surface area contributed by atoms with Crippen molar-refractivity contribution in [3.8, 4) is 0 Å². The van der Waals surface area contributed by atoms with Crippen LogP contribution in [0.2, 0.25) is 0 Å². The van der Waals surface area contributed by atoms with Crippen LogP contribution in [0.5, 0.6) is 0 Å². The molecule has 1 aromatic carbocycles. The highest BCUT2D eigenvalue weighted by Crippen LogP contribution is 2.27. The molecule has 0 amide bonds. The molecule has 0 spiro atoms. The standard InChI is InChI=1S/C17H24O4/c1-17(2)20-13-16(21-17)15(10-6-7-11-18)19-12-14-8-4-3-5-9-14/h3-9,15-16,18H,10-13H2,1-2H3/b7-6+/t15-,16+/m0/s1. The molecule has 116 valence electrons. The van der Waals surface area contributed by atoms with Gasteiger partial charge in [-0.05, 0) is 25.8 Å². The topological polar surface area (TPSA) is 47.9 Å². The van der Waals surface area contributed by atoms with Crippen molar-refractivity contribution in [2.24, 2.45) is 0 Å². The third-order valence-electron chi connectivity index (χ3n) is 3.39. The zero-order valence-electron chi connectivity index (χ0n) is 12.7. The molecular weight excluding hydrogens is 268 g/mol. The first kappa shape index (κ1) is 16.2. The van der Waals surface area contributed by atoms with Crippen LogP contribution in [0.25, 0.3) is 0 Å². The van der Waals surface area contributed by atoms with E-state index < -0.39 is 5.79 Å². The molecular formula is C17H24O4. The van der Waals surface area contributed by atoms with E-state index in [1.165, 1.54) is 0 Å². The molecule has 1 aliphatic rings. The van der Waals surface area contributed by atoms with Gasteiger partial charge in [0, 0.05) is 0 Å². The summed E-state index contributed by atoms with van der Waals surface area (Å²) in [5.41, 5.74) is 1.13. The average molecular weight is 292 g/mol. The second kappa shape index (κ2) is 7.71. The van der Waals surface area contributed by atoms with Gasteiger partial charge in [-0.1, -0.05) is 42.5 Å². The minimum Gasteiger partial charge on any atom is -0.392 e. The van der Waals surface area contributed by atoms with Gasteiger partial charge in [0.2, 0.25) is 0 Å². The van der Waals surface area contributed by atoms with E-state index in [0.29, 0.717) is 19.6 Å². The Labute approximate surface area is 126 Å². The first-order valence-electron chi connectivity index (χ1n) is 7.34. The Morgan fingerprint density at radius 2 is 2.10 bits per heavy atom. The van der Waals surface area contributed by atoms with Gasteiger partial charge < -0.3 is 19.3 Å². The molecule has 2 atom stereocenters. The highest BCUT2D eigenvalue weighted by Gasteiger charge is 2.37. The number of ether oxygens (including phenoxy) is 3. The summed E-state index contributed by atoms with van der Waals surface area (Å²) in [4.78, 5) is 0. The highest BCUT2D eigenvalue weighted by atomic mass is 16.7. The van der Waals surface area contributed by atoms with Crippen LogP contribution in [-0.4, -0.2) is 36.3 Å². The van der Waals surface area contributed by atoms with E-state index >= 15 is 0 Å². The predicted octanol–water partition coefficient (Wildman–Crippen LogP) is 2.66. The lowest BCUT2D eigenvalue weighted by Gasteiger charge is -2.24. The van der Waals surface area contributed by atoms with E-state index in [9.17, 15) is 0 Å². The van der Waals surface area contributed by atoms with Crippen LogP contribution in [0.4, 0.5) is 0 Å². The Balaban J connectivity index is 1.94. The van der Waals surface area contributed by atoms with Gasteiger partial charge >= 0.3 is 0 Å². The van der Waals surface area contributed by atoms with Crippen molar-refractivity contribution in [3.05, 3.63) is 48.0 Å². The van der Waals surface area contributed by atoms with Crippen molar-refractivity contribution >= 4 is 0 Å². The van der Waals surface area contributed by atoms with Gasteiger partial charge in [-0.25, -0.2) is 0 Å². The van der Waals surface area contributed by atoms with E-state index in [1.54, 1.807) is 6.08 Å². The lowest BCUT2D eigenvalue weighted by molar-refractivity contribution is -0.157. The first-order valence-corrected chi connectivity index (χ1v) is 7.34. The smallest absolute Gasteiger partial charge is 0.163 e. The van der Waals surface area contributed by atoms with E-state index in [4.69, 9.17) is 19.3 Å². The van der Waals surface area contributed by atoms with Gasteiger partial charge in [-0.15, -0.1) is 0 Å². The van der Waals surface area contributed by atoms with Crippen LogP contribution >= 0.6 is 0 Å². The SMILES string of the molecule is CC1(C)OC[C@H]([C@H](C/C=C/CO)OCc2ccccc2)O1. The molecule has 4 heteroatoms. The number of aliphatic hydroxyl groups excluding tert-OH is 1. The van der Waals surface area contributed by atoms with Gasteiger partial charge in [0.1, 0.15) is 6.10 Å². The van der Waals surface area contributed by atoms with Crippen LogP contribution < -0.4 is 0 Å². The normalized spacial score (nSPS) is 22.7. The average Bonchev–Trinajstić information content (AvgIpc) is 2.84. The second-order valence-corrected chi connectivity index (χ2v) is 5.59. The second-order valence-electron chi connectivity index (χ2n) is 5.59. The van der Waals surface area contributed by atoms with Crippen LogP contribution in [0.15, 0.2) is 42.5 Å². The molecule has 1 fully saturated rings. The summed E-state index contributed by atoms with van der Waals surface area (Å²) in [7, 11) is 0. The molecule has 2 rings (SSSR count). The molecule has 1 aromatic rings. The summed E-state index contributed by atoms with van der Waals surface area (Å²) in [6, 6.07) is 10.1. The summed E-state index contributed by atoms with van der Waals surface area (Å²) < 4.78 is 17.5. The van der Waals surface area contributed by atoms with E-state index in [0.717, 1.165) is 5.56 Å². The summed E-state index contributed by atoms with van der Waals surface area (Å²) in [6.07, 6.45) is 4.16. The molecule has 1 heterocycles. The minimum atomic E-state index is -0.556. The maximum absolute atomic E-state index is 8.85. The van der Waals surface area contributed by atoms with Gasteiger partial charge in [0.05, 0.1) is 25.9 Å². The fourth-order valence-corrected chi connectivity index (χ4v) is 2.31. The third-order valence-corrected chi connectivity index (χ3v) is 3.39. The lowest BCUT2D eigenvalue weighted by atomic mass is 10.1. The Bertz CT molecular complexity index is 441. The zero-order chi connectivity index (χ0) is 15.1. The molecule has 0 bridgehead atoms. The van der Waals surface area contributed by atoms with Crippen LogP contribution in [-0.2, 0) is 20.8 Å². The molecule has 0 unspecified atom stereocenters. The highest BCUT2D eigenvalue weighted by molar-refractivity contribution is 5.13. The lowest BCUT2D eigenvalue weighted by Crippen LogP contribution is -2.32. The van der Waals surface area contributed by atoms with Crippen LogP contribution in [0.3, 0.4) is 0 Å². The molecule has 0 aliphatic carbocycles. The fraction of sp³-hybridized carbons (Fsp3) is 0.529. The first-order chi connectivity index (χ1) is 10.1. The number of hydrogen-bond acceptors (Lipinski definition) is 4. The minimum absolute atomic E-state index is 0.0406. The Morgan fingerprint density at radius 1 is 1.33 bits per heavy atom. The summed E-state index contributed by atoms with van der Waals surface area (Å²) in [6.45, 7) is 4.92. The fourth-order valence-electron chi connectivity index (χ4n) is 2.31. The summed E-state index contributed by atoms with van der Waals surface area (Å²) in [5, 5.41) is 8.85. The Kier molecular flexibility index (Phi) is 5.94. The van der Waals surface area contributed by atoms with Gasteiger partial charge in [0.15, 0.2) is 5.79 Å². The van der Waals surface area contributed by atoms with Crippen molar-refractivity contribution in [2.75, 3.05) is 13.2 Å². The largest absolute Gasteiger partial charge is 0.392 e. The number of aliphatic hydroxyl groups is 1. The molecule has 1 saturated heterocycles.